The molecule has 12 nitrogen and oxygen atoms in total. The van der Waals surface area contributed by atoms with E-state index in [-0.39, 0.29) is 51.4 Å². The van der Waals surface area contributed by atoms with Crippen molar-refractivity contribution in [3.05, 3.63) is 12.2 Å². The highest BCUT2D eigenvalue weighted by Crippen LogP contribution is 2.79. The molecule has 2 bridgehead atoms. The molecule has 7 N–H and O–H groups in total. The van der Waals surface area contributed by atoms with Crippen LogP contribution in [0.5, 0.6) is 0 Å². The van der Waals surface area contributed by atoms with Crippen LogP contribution in [-0.2, 0) is 23.7 Å². The smallest absolute Gasteiger partial charge is 0.186 e. The molecule has 8 aliphatic rings. The average molecular weight is 779 g/mol. The van der Waals surface area contributed by atoms with Crippen molar-refractivity contribution in [2.75, 3.05) is 19.8 Å². The number of hydrogen-bond acceptors (Lipinski definition) is 12. The maximum atomic E-state index is 12.1. The second kappa shape index (κ2) is 13.4. The quantitative estimate of drug-likeness (QED) is 0.155. The van der Waals surface area contributed by atoms with Crippen molar-refractivity contribution in [2.45, 2.75) is 180 Å². The Labute approximate surface area is 326 Å². The van der Waals surface area contributed by atoms with Crippen molar-refractivity contribution in [2.24, 2.45) is 56.2 Å². The lowest BCUT2D eigenvalue weighted by Gasteiger charge is -2.73. The van der Waals surface area contributed by atoms with Crippen LogP contribution in [0.3, 0.4) is 0 Å². The van der Waals surface area contributed by atoms with Crippen LogP contribution in [0, 0.1) is 56.2 Å². The number of fused-ring (bicyclic) bond motifs is 4. The molecule has 21 atom stereocenters. The predicted octanol–water partition coefficient (Wildman–Crippen LogP) is 3.05. The summed E-state index contributed by atoms with van der Waals surface area (Å²) in [5.41, 5.74) is -1.77. The van der Waals surface area contributed by atoms with Gasteiger partial charge in [-0.15, -0.1) is 0 Å². The van der Waals surface area contributed by atoms with E-state index in [4.69, 9.17) is 23.7 Å². The molecule has 8 rings (SSSR count). The number of rotatable bonds is 6. The van der Waals surface area contributed by atoms with Gasteiger partial charge in [-0.05, 0) is 86.4 Å². The molecule has 3 heterocycles. The van der Waals surface area contributed by atoms with Crippen LogP contribution < -0.4 is 0 Å². The van der Waals surface area contributed by atoms with Gasteiger partial charge in [0.25, 0.3) is 0 Å². The summed E-state index contributed by atoms with van der Waals surface area (Å²) in [5.74, 6) is -0.183. The zero-order valence-corrected chi connectivity index (χ0v) is 34.3. The minimum Gasteiger partial charge on any atom is -0.396 e. The maximum Gasteiger partial charge on any atom is 0.186 e. The molecule has 3 unspecified atom stereocenters. The Bertz CT molecular complexity index is 1490. The summed E-state index contributed by atoms with van der Waals surface area (Å²) in [4.78, 5) is 0. The van der Waals surface area contributed by atoms with Crippen molar-refractivity contribution in [1.29, 1.82) is 0 Å². The van der Waals surface area contributed by atoms with E-state index in [0.717, 1.165) is 44.9 Å². The lowest BCUT2D eigenvalue weighted by Crippen LogP contribution is -2.72. The molecule has 0 aromatic carbocycles. The molecule has 0 aromatic heterocycles. The first-order chi connectivity index (χ1) is 25.7. The predicted molar refractivity (Wildman–Crippen MR) is 200 cm³/mol. The fraction of sp³-hybridized carbons (Fsp3) is 0.953. The molecule has 3 aliphatic heterocycles. The van der Waals surface area contributed by atoms with Gasteiger partial charge in [-0.25, -0.2) is 0 Å². The summed E-state index contributed by atoms with van der Waals surface area (Å²) >= 11 is 0. The van der Waals surface area contributed by atoms with E-state index in [9.17, 15) is 35.7 Å². The summed E-state index contributed by atoms with van der Waals surface area (Å²) in [6.07, 6.45) is 0.328. The minimum atomic E-state index is -1.47. The third kappa shape index (κ3) is 5.45. The first kappa shape index (κ1) is 41.0. The van der Waals surface area contributed by atoms with E-state index in [1.807, 2.05) is 0 Å². The van der Waals surface area contributed by atoms with Gasteiger partial charge >= 0.3 is 0 Å². The van der Waals surface area contributed by atoms with E-state index < -0.39 is 91.1 Å². The lowest BCUT2D eigenvalue weighted by molar-refractivity contribution is -0.364. The van der Waals surface area contributed by atoms with Crippen LogP contribution in [0.25, 0.3) is 0 Å². The largest absolute Gasteiger partial charge is 0.396 e. The van der Waals surface area contributed by atoms with Crippen LogP contribution in [0.4, 0.5) is 0 Å². The van der Waals surface area contributed by atoms with Gasteiger partial charge in [0.15, 0.2) is 12.6 Å². The molecule has 1 spiro atoms. The van der Waals surface area contributed by atoms with Crippen molar-refractivity contribution in [3.63, 3.8) is 0 Å². The molecular formula is C43H70O12. The standard InChI is InChI=1S/C43H70O12/c1-22-30(47)24(19-44)53-35(31(22)48)55-34-32(49)23(2)52-36(33(34)50)54-29-11-12-38(5)25(39(29,6)20-45)9-13-40(7)26(38)10-14-43-27-17-37(3,4)15-16-42(27,21-51-43)28(46)18-41(40,43)8/h10,14,22-36,44-50H,9,11-13,15-21H2,1-8H3/t22-,23+,24+,25?,26?,27?,28-,29-,30-,31+,32-,33+,34-,35-,36-,38-,39-,40+,41-,42+,43-/m0/s1. The van der Waals surface area contributed by atoms with Gasteiger partial charge in [-0.3, -0.25) is 0 Å². The zero-order valence-electron chi connectivity index (χ0n) is 34.3. The van der Waals surface area contributed by atoms with Crippen LogP contribution in [0.15, 0.2) is 12.2 Å². The minimum absolute atomic E-state index is 0.0692. The molecule has 0 radical (unpaired) electrons. The van der Waals surface area contributed by atoms with Crippen molar-refractivity contribution < 1.29 is 59.4 Å². The van der Waals surface area contributed by atoms with E-state index in [1.54, 1.807) is 13.8 Å². The molecule has 7 fully saturated rings. The molecule has 3 saturated heterocycles. The highest BCUT2D eigenvalue weighted by Gasteiger charge is 2.79. The highest BCUT2D eigenvalue weighted by atomic mass is 16.7. The fourth-order valence-electron chi connectivity index (χ4n) is 14.5. The third-order valence-corrected chi connectivity index (χ3v) is 18.3. The second-order valence-electron chi connectivity index (χ2n) is 21.3. The van der Waals surface area contributed by atoms with Gasteiger partial charge in [0.2, 0.25) is 0 Å². The zero-order chi connectivity index (χ0) is 39.9. The van der Waals surface area contributed by atoms with Crippen LogP contribution in [-0.4, -0.2) is 129 Å². The Hall–Kier alpha value is -0.740. The summed E-state index contributed by atoms with van der Waals surface area (Å²) in [6, 6.07) is 0. The summed E-state index contributed by atoms with van der Waals surface area (Å²) in [5, 5.41) is 77.4. The topological polar surface area (TPSA) is 188 Å². The Morgan fingerprint density at radius 2 is 1.45 bits per heavy atom. The molecule has 5 aliphatic carbocycles. The molecule has 314 valence electrons. The molecular weight excluding hydrogens is 708 g/mol. The average Bonchev–Trinajstić information content (AvgIpc) is 3.41. The number of aliphatic hydroxyl groups is 7. The van der Waals surface area contributed by atoms with Gasteiger partial charge in [0.1, 0.15) is 30.5 Å². The van der Waals surface area contributed by atoms with Gasteiger partial charge in [-0.2, -0.15) is 0 Å². The van der Waals surface area contributed by atoms with Gasteiger partial charge in [-0.1, -0.05) is 60.6 Å². The monoisotopic (exact) mass is 778 g/mol. The lowest BCUT2D eigenvalue weighted by atomic mass is 9.32. The number of allylic oxidation sites excluding steroid dienone is 1. The third-order valence-electron chi connectivity index (χ3n) is 18.3. The number of aliphatic hydroxyl groups excluding tert-OH is 7. The van der Waals surface area contributed by atoms with E-state index in [0.29, 0.717) is 13.0 Å². The maximum absolute atomic E-state index is 12.1. The SMILES string of the molecule is C[C@@H]1[C@@H](O)[C@H](O[C@H]2[C@@H](O)[C@@H](C)O[C@@H](O[C@H]3CC[C@@]4(C)C(CC[C@]5(C)C4C=C[C@]46OC[C@@]7(CCC(C)(C)CC74)[C@@H](O)C[C@]65C)[C@]3(C)CO)[C@@H]2O)O[C@H](CO)[C@H]1O. The molecule has 55 heavy (non-hydrogen) atoms. The molecule has 4 saturated carbocycles. The summed E-state index contributed by atoms with van der Waals surface area (Å²) < 4.78 is 31.6. The van der Waals surface area contributed by atoms with Crippen molar-refractivity contribution >= 4 is 0 Å². The van der Waals surface area contributed by atoms with Gasteiger partial charge in [0.05, 0.1) is 49.8 Å². The van der Waals surface area contributed by atoms with Crippen molar-refractivity contribution in [3.8, 4) is 0 Å². The van der Waals surface area contributed by atoms with E-state index in [2.05, 4.69) is 53.7 Å². The summed E-state index contributed by atoms with van der Waals surface area (Å²) in [6.45, 7) is 17.4. The highest BCUT2D eigenvalue weighted by molar-refractivity contribution is 5.36. The first-order valence-electron chi connectivity index (χ1n) is 21.3. The second-order valence-corrected chi connectivity index (χ2v) is 21.3. The normalized spacial score (nSPS) is 59.7. The Morgan fingerprint density at radius 3 is 2.15 bits per heavy atom. The Balaban J connectivity index is 1.05. The van der Waals surface area contributed by atoms with E-state index in [1.165, 1.54) is 0 Å². The van der Waals surface area contributed by atoms with Crippen LogP contribution in [0.2, 0.25) is 0 Å². The van der Waals surface area contributed by atoms with Crippen molar-refractivity contribution in [1.82, 2.24) is 0 Å². The molecule has 12 heteroatoms. The number of ether oxygens (including phenoxy) is 5. The summed E-state index contributed by atoms with van der Waals surface area (Å²) in [7, 11) is 0. The van der Waals surface area contributed by atoms with E-state index >= 15 is 0 Å². The Morgan fingerprint density at radius 1 is 0.745 bits per heavy atom. The Kier molecular flexibility index (Phi) is 9.98. The fourth-order valence-corrected chi connectivity index (χ4v) is 14.5. The van der Waals surface area contributed by atoms with Crippen LogP contribution in [0.1, 0.15) is 107 Å². The first-order valence-corrected chi connectivity index (χ1v) is 21.3. The van der Waals surface area contributed by atoms with Crippen LogP contribution >= 0.6 is 0 Å². The number of hydrogen-bond donors (Lipinski definition) is 7. The van der Waals surface area contributed by atoms with Gasteiger partial charge in [0, 0.05) is 28.1 Å². The molecule has 0 aromatic rings. The van der Waals surface area contributed by atoms with Gasteiger partial charge < -0.3 is 59.4 Å². The molecule has 0 amide bonds.